The van der Waals surface area contributed by atoms with Crippen molar-refractivity contribution < 1.29 is 13.7 Å². The number of carbonyl (C=O) groups excluding carboxylic acids is 1. The molecule has 1 aromatic carbocycles. The normalized spacial score (nSPS) is 15.8. The molecule has 0 saturated carbocycles. The fraction of sp³-hybridized carbons (Fsp3) is 0.455. The van der Waals surface area contributed by atoms with E-state index in [2.05, 4.69) is 28.4 Å². The first-order valence-electron chi connectivity index (χ1n) is 10.1. The van der Waals surface area contributed by atoms with Crippen LogP contribution in [0.3, 0.4) is 0 Å². The predicted molar refractivity (Wildman–Crippen MR) is 113 cm³/mol. The monoisotopic (exact) mass is 415 g/mol. The number of nitrogens with zero attached hydrogens (tertiary/aromatic N) is 2. The second-order valence-electron chi connectivity index (χ2n) is 7.78. The highest BCUT2D eigenvalue weighted by molar-refractivity contribution is 7.12. The summed E-state index contributed by atoms with van der Waals surface area (Å²) in [5, 5.41) is 8.04. The smallest absolute Gasteiger partial charge is 0.217 e. The average molecular weight is 416 g/mol. The molecule has 29 heavy (non-hydrogen) atoms. The van der Waals surface area contributed by atoms with E-state index in [-0.39, 0.29) is 11.7 Å². The lowest BCUT2D eigenvalue weighted by molar-refractivity contribution is -0.119. The summed E-state index contributed by atoms with van der Waals surface area (Å²) in [6, 6.07) is 6.88. The van der Waals surface area contributed by atoms with E-state index < -0.39 is 0 Å². The van der Waals surface area contributed by atoms with Gasteiger partial charge in [0.05, 0.1) is 12.2 Å². The SMILES string of the molecule is CC(=O)NCc1cc(CCN2CCC(c3noc4cc(F)ccc34)CC2)c(C)s1. The second-order valence-corrected chi connectivity index (χ2v) is 9.12. The first kappa shape index (κ1) is 20.0. The van der Waals surface area contributed by atoms with Gasteiger partial charge >= 0.3 is 0 Å². The quantitative estimate of drug-likeness (QED) is 0.649. The molecule has 1 fully saturated rings. The number of amides is 1. The highest BCUT2D eigenvalue weighted by Gasteiger charge is 2.25. The zero-order valence-corrected chi connectivity index (χ0v) is 17.7. The van der Waals surface area contributed by atoms with Gasteiger partial charge in [-0.25, -0.2) is 4.39 Å². The number of aromatic nitrogens is 1. The summed E-state index contributed by atoms with van der Waals surface area (Å²) in [4.78, 5) is 16.1. The van der Waals surface area contributed by atoms with Crippen LogP contribution in [0, 0.1) is 12.7 Å². The minimum Gasteiger partial charge on any atom is -0.356 e. The van der Waals surface area contributed by atoms with Gasteiger partial charge in [-0.15, -0.1) is 11.3 Å². The number of thiophene rings is 1. The number of hydrogen-bond acceptors (Lipinski definition) is 5. The van der Waals surface area contributed by atoms with Gasteiger partial charge < -0.3 is 14.7 Å². The molecule has 0 bridgehead atoms. The Morgan fingerprint density at radius 2 is 2.14 bits per heavy atom. The molecule has 3 aromatic rings. The number of hydrogen-bond donors (Lipinski definition) is 1. The molecular weight excluding hydrogens is 389 g/mol. The fourth-order valence-electron chi connectivity index (χ4n) is 4.07. The molecule has 1 aliphatic heterocycles. The first-order chi connectivity index (χ1) is 14.0. The van der Waals surface area contributed by atoms with Crippen LogP contribution in [-0.4, -0.2) is 35.6 Å². The van der Waals surface area contributed by atoms with Crippen LogP contribution in [0.25, 0.3) is 11.0 Å². The van der Waals surface area contributed by atoms with E-state index in [1.54, 1.807) is 24.3 Å². The Bertz CT molecular complexity index is 1000. The number of benzene rings is 1. The third-order valence-corrected chi connectivity index (χ3v) is 6.81. The van der Waals surface area contributed by atoms with Gasteiger partial charge in [-0.1, -0.05) is 5.16 Å². The van der Waals surface area contributed by atoms with E-state index in [4.69, 9.17) is 4.52 Å². The van der Waals surface area contributed by atoms with Crippen molar-refractivity contribution in [3.8, 4) is 0 Å². The number of piperidine rings is 1. The van der Waals surface area contributed by atoms with E-state index in [1.165, 1.54) is 27.5 Å². The van der Waals surface area contributed by atoms with Gasteiger partial charge in [0.1, 0.15) is 5.82 Å². The van der Waals surface area contributed by atoms with E-state index in [1.807, 2.05) is 0 Å². The Kier molecular flexibility index (Phi) is 5.96. The summed E-state index contributed by atoms with van der Waals surface area (Å²) < 4.78 is 18.7. The van der Waals surface area contributed by atoms with Crippen molar-refractivity contribution >= 4 is 28.2 Å². The van der Waals surface area contributed by atoms with Gasteiger partial charge in [0, 0.05) is 40.6 Å². The number of rotatable bonds is 6. The summed E-state index contributed by atoms with van der Waals surface area (Å²) in [5.74, 6) is 0.0783. The molecule has 2 aromatic heterocycles. The first-order valence-corrected chi connectivity index (χ1v) is 10.9. The highest BCUT2D eigenvalue weighted by Crippen LogP contribution is 2.33. The van der Waals surface area contributed by atoms with Crippen LogP contribution < -0.4 is 5.32 Å². The Hall–Kier alpha value is -2.25. The molecule has 1 aliphatic rings. The minimum absolute atomic E-state index is 0.00509. The summed E-state index contributed by atoms with van der Waals surface area (Å²) in [6.07, 6.45) is 3.10. The van der Waals surface area contributed by atoms with Crippen molar-refractivity contribution in [3.63, 3.8) is 0 Å². The Balaban J connectivity index is 1.30. The van der Waals surface area contributed by atoms with Crippen LogP contribution in [0.2, 0.25) is 0 Å². The van der Waals surface area contributed by atoms with E-state index in [0.29, 0.717) is 18.0 Å². The van der Waals surface area contributed by atoms with E-state index >= 15 is 0 Å². The lowest BCUT2D eigenvalue weighted by atomic mass is 9.91. The number of halogens is 1. The Labute approximate surface area is 173 Å². The van der Waals surface area contributed by atoms with Crippen LogP contribution in [0.4, 0.5) is 4.39 Å². The van der Waals surface area contributed by atoms with Crippen molar-refractivity contribution in [2.75, 3.05) is 19.6 Å². The van der Waals surface area contributed by atoms with Gasteiger partial charge in [-0.2, -0.15) is 0 Å². The van der Waals surface area contributed by atoms with Crippen LogP contribution in [-0.2, 0) is 17.8 Å². The molecule has 5 nitrogen and oxygen atoms in total. The number of carbonyl (C=O) groups is 1. The zero-order chi connectivity index (χ0) is 20.4. The summed E-state index contributed by atoms with van der Waals surface area (Å²) in [6.45, 7) is 7.41. The van der Waals surface area contributed by atoms with Gasteiger partial charge in [0.25, 0.3) is 0 Å². The average Bonchev–Trinajstić information content (AvgIpc) is 3.28. The highest BCUT2D eigenvalue weighted by atomic mass is 32.1. The molecule has 0 unspecified atom stereocenters. The lowest BCUT2D eigenvalue weighted by Gasteiger charge is -2.31. The molecule has 1 saturated heterocycles. The van der Waals surface area contributed by atoms with Crippen LogP contribution >= 0.6 is 11.3 Å². The zero-order valence-electron chi connectivity index (χ0n) is 16.8. The Morgan fingerprint density at radius 3 is 2.90 bits per heavy atom. The minimum atomic E-state index is -0.293. The molecule has 0 aliphatic carbocycles. The van der Waals surface area contributed by atoms with Crippen molar-refractivity contribution in [1.82, 2.24) is 15.4 Å². The third kappa shape index (κ3) is 4.67. The standard InChI is InChI=1S/C22H26FN3O2S/c1-14-17(11-19(29-14)13-24-15(2)27)7-10-26-8-5-16(6-9-26)22-20-4-3-18(23)12-21(20)28-25-22/h3-4,11-12,16H,5-10,13H2,1-2H3,(H,24,27). The summed E-state index contributed by atoms with van der Waals surface area (Å²) >= 11 is 1.77. The van der Waals surface area contributed by atoms with Gasteiger partial charge in [0.15, 0.2) is 5.58 Å². The van der Waals surface area contributed by atoms with Crippen LogP contribution in [0.1, 0.15) is 46.7 Å². The van der Waals surface area contributed by atoms with Crippen molar-refractivity contribution in [3.05, 3.63) is 51.1 Å². The molecule has 3 heterocycles. The molecule has 1 N–H and O–H groups in total. The van der Waals surface area contributed by atoms with Crippen LogP contribution in [0.15, 0.2) is 28.8 Å². The van der Waals surface area contributed by atoms with E-state index in [0.717, 1.165) is 50.0 Å². The third-order valence-electron chi connectivity index (χ3n) is 5.72. The summed E-state index contributed by atoms with van der Waals surface area (Å²) in [7, 11) is 0. The predicted octanol–water partition coefficient (Wildman–Crippen LogP) is 4.40. The number of fused-ring (bicyclic) bond motifs is 1. The van der Waals surface area contributed by atoms with E-state index in [9.17, 15) is 9.18 Å². The van der Waals surface area contributed by atoms with Gasteiger partial charge in [0.2, 0.25) is 5.91 Å². The Morgan fingerprint density at radius 1 is 1.34 bits per heavy atom. The topological polar surface area (TPSA) is 58.4 Å². The van der Waals surface area contributed by atoms with Gasteiger partial charge in [-0.3, -0.25) is 4.79 Å². The molecule has 154 valence electrons. The lowest BCUT2D eigenvalue weighted by Crippen LogP contribution is -2.34. The van der Waals surface area contributed by atoms with Crippen molar-refractivity contribution in [2.24, 2.45) is 0 Å². The largest absolute Gasteiger partial charge is 0.356 e. The summed E-state index contributed by atoms with van der Waals surface area (Å²) in [5.41, 5.74) is 2.88. The van der Waals surface area contributed by atoms with Crippen molar-refractivity contribution in [1.29, 1.82) is 0 Å². The molecule has 0 atom stereocenters. The second kappa shape index (κ2) is 8.63. The fourth-order valence-corrected chi connectivity index (χ4v) is 5.10. The number of nitrogens with one attached hydrogen (secondary N) is 1. The number of likely N-dealkylation sites (tertiary alicyclic amines) is 1. The number of aryl methyl sites for hydroxylation is 1. The molecule has 0 radical (unpaired) electrons. The maximum atomic E-state index is 13.4. The van der Waals surface area contributed by atoms with Gasteiger partial charge in [-0.05, 0) is 63.0 Å². The maximum Gasteiger partial charge on any atom is 0.217 e. The molecular formula is C22H26FN3O2S. The van der Waals surface area contributed by atoms with Crippen LogP contribution in [0.5, 0.6) is 0 Å². The molecule has 0 spiro atoms. The molecule has 7 heteroatoms. The van der Waals surface area contributed by atoms with Crippen molar-refractivity contribution in [2.45, 2.75) is 45.6 Å². The maximum absolute atomic E-state index is 13.4. The molecule has 1 amide bonds. The molecule has 4 rings (SSSR count).